The zero-order valence-electron chi connectivity index (χ0n) is 31.4. The largest absolute Gasteiger partial charge is 0.146 e. The van der Waals surface area contributed by atoms with Crippen LogP contribution in [0.2, 0.25) is 33.2 Å². The van der Waals surface area contributed by atoms with Gasteiger partial charge in [0.1, 0.15) is 16.1 Å². The van der Waals surface area contributed by atoms with Crippen LogP contribution in [0.1, 0.15) is 142 Å². The predicted molar refractivity (Wildman–Crippen MR) is 211 cm³/mol. The summed E-state index contributed by atoms with van der Waals surface area (Å²) in [5.41, 5.74) is 20.8. The van der Waals surface area contributed by atoms with Crippen molar-refractivity contribution in [1.82, 2.24) is 0 Å². The molecule has 0 amide bonds. The van der Waals surface area contributed by atoms with Crippen LogP contribution in [0, 0.1) is 22.9 Å². The molecule has 3 aromatic carbocycles. The molecule has 2 aliphatic carbocycles. The first kappa shape index (κ1) is 35.1. The Morgan fingerprint density at radius 1 is 0.391 bits per heavy atom. The number of hydrogen-bond acceptors (Lipinski definition) is 0. The maximum Gasteiger partial charge on any atom is 0.146 e. The van der Waals surface area contributed by atoms with E-state index in [9.17, 15) is 0 Å². The third-order valence-electron chi connectivity index (χ3n) is 12.6. The van der Waals surface area contributed by atoms with Gasteiger partial charge in [-0.25, -0.2) is 0 Å². The summed E-state index contributed by atoms with van der Waals surface area (Å²) in [7, 11) is -3.83. The minimum atomic E-state index is -1.92. The summed E-state index contributed by atoms with van der Waals surface area (Å²) >= 11 is 0. The molecule has 0 fully saturated rings. The van der Waals surface area contributed by atoms with Crippen LogP contribution in [-0.2, 0) is 25.7 Å². The molecule has 2 aliphatic rings. The van der Waals surface area contributed by atoms with Crippen molar-refractivity contribution in [2.75, 3.05) is 0 Å². The summed E-state index contributed by atoms with van der Waals surface area (Å²) in [5, 5.41) is 5.47. The fourth-order valence-electron chi connectivity index (χ4n) is 10.2. The highest BCUT2D eigenvalue weighted by atomic mass is 28.3. The molecule has 246 valence electrons. The van der Waals surface area contributed by atoms with Crippen molar-refractivity contribution in [3.8, 4) is 22.9 Å². The predicted octanol–water partition coefficient (Wildman–Crippen LogP) is 12.9. The molecule has 0 spiro atoms. The summed E-state index contributed by atoms with van der Waals surface area (Å²) in [4.78, 5) is 0. The van der Waals surface area contributed by atoms with E-state index in [1.165, 1.54) is 84.0 Å². The highest BCUT2D eigenvalue weighted by Gasteiger charge is 2.43. The van der Waals surface area contributed by atoms with Gasteiger partial charge < -0.3 is 0 Å². The van der Waals surface area contributed by atoms with Crippen molar-refractivity contribution < 1.29 is 0 Å². The van der Waals surface area contributed by atoms with Crippen LogP contribution in [0.15, 0.2) is 24.3 Å². The minimum Gasteiger partial charge on any atom is -0.125 e. The average molecular weight is 647 g/mol. The van der Waals surface area contributed by atoms with Crippen LogP contribution in [-0.4, -0.2) is 16.1 Å². The Morgan fingerprint density at radius 3 is 0.804 bits per heavy atom. The van der Waals surface area contributed by atoms with E-state index in [-0.39, 0.29) is 0 Å². The SMILES string of the molecule is CC(C)[Si](C#Cc1c2cc3c(cc2c(C#C[Si](C(C)C)(C(C)C)C(C)C)c2cc4c(cc12)CCCC4)CCCC3)(C(C)C)C(C)C. The van der Waals surface area contributed by atoms with Crippen molar-refractivity contribution in [2.45, 2.75) is 168 Å². The molecule has 0 atom stereocenters. The van der Waals surface area contributed by atoms with E-state index in [0.717, 1.165) is 0 Å². The van der Waals surface area contributed by atoms with Crippen molar-refractivity contribution in [3.05, 3.63) is 57.6 Å². The standard InChI is InChI=1S/C44H62Si2/c1-29(2)45(30(3)4,31(5)6)23-21-39-41-25-35-17-13-15-19-37(35)27-43(41)40(22-24-46(32(7)8,33(9)10)34(11)12)44-28-38-20-16-14-18-36(38)26-42(39)44/h25-34H,13-20H2,1-12H3. The maximum absolute atomic E-state index is 4.17. The van der Waals surface area contributed by atoms with Crippen molar-refractivity contribution >= 4 is 37.7 Å². The summed E-state index contributed by atoms with van der Waals surface area (Å²) in [6.07, 6.45) is 9.93. The van der Waals surface area contributed by atoms with Gasteiger partial charge in [0, 0.05) is 11.1 Å². The Balaban J connectivity index is 1.96. The molecule has 0 saturated heterocycles. The van der Waals surface area contributed by atoms with Crippen molar-refractivity contribution in [3.63, 3.8) is 0 Å². The van der Waals surface area contributed by atoms with Gasteiger partial charge in [0.2, 0.25) is 0 Å². The summed E-state index contributed by atoms with van der Waals surface area (Å²) in [5.74, 6) is 8.11. The molecular formula is C44H62Si2. The molecule has 0 radical (unpaired) electrons. The van der Waals surface area contributed by atoms with Crippen LogP contribution >= 0.6 is 0 Å². The molecule has 3 aromatic rings. The fourth-order valence-corrected chi connectivity index (χ4v) is 20.6. The zero-order valence-corrected chi connectivity index (χ0v) is 33.4. The molecule has 0 N–H and O–H groups in total. The number of fused-ring (bicyclic) bond motifs is 4. The Kier molecular flexibility index (Phi) is 10.4. The van der Waals surface area contributed by atoms with Gasteiger partial charge in [-0.3, -0.25) is 0 Å². The molecule has 0 saturated carbocycles. The summed E-state index contributed by atoms with van der Waals surface area (Å²) in [6.45, 7) is 29.3. The first-order valence-corrected chi connectivity index (χ1v) is 23.3. The van der Waals surface area contributed by atoms with E-state index >= 15 is 0 Å². The Hall–Kier alpha value is -2.27. The normalized spacial score (nSPS) is 15.5. The van der Waals surface area contributed by atoms with Gasteiger partial charge in [-0.05, 0) is 153 Å². The van der Waals surface area contributed by atoms with Gasteiger partial charge in [0.15, 0.2) is 0 Å². The lowest BCUT2D eigenvalue weighted by atomic mass is 9.82. The third-order valence-corrected chi connectivity index (χ3v) is 25.2. The Bertz CT molecular complexity index is 1480. The Morgan fingerprint density at radius 2 is 0.609 bits per heavy atom. The van der Waals surface area contributed by atoms with Crippen LogP contribution in [0.3, 0.4) is 0 Å². The topological polar surface area (TPSA) is 0 Å². The van der Waals surface area contributed by atoms with Crippen molar-refractivity contribution in [1.29, 1.82) is 0 Å². The van der Waals surface area contributed by atoms with E-state index in [1.807, 2.05) is 0 Å². The van der Waals surface area contributed by atoms with Gasteiger partial charge >= 0.3 is 0 Å². The van der Waals surface area contributed by atoms with Gasteiger partial charge in [-0.1, -0.05) is 94.9 Å². The van der Waals surface area contributed by atoms with Crippen molar-refractivity contribution in [2.24, 2.45) is 0 Å². The van der Waals surface area contributed by atoms with Crippen LogP contribution < -0.4 is 0 Å². The third kappa shape index (κ3) is 5.97. The molecule has 0 aliphatic heterocycles. The molecule has 0 unspecified atom stereocenters. The van der Waals surface area contributed by atoms with Gasteiger partial charge in [-0.15, -0.1) is 11.1 Å². The Labute approximate surface area is 284 Å². The van der Waals surface area contributed by atoms with Gasteiger partial charge in [0.05, 0.1) is 0 Å². The minimum absolute atomic E-state index is 0.615. The summed E-state index contributed by atoms with van der Waals surface area (Å²) in [6, 6.07) is 10.3. The second-order valence-corrected chi connectivity index (χ2v) is 28.0. The second kappa shape index (κ2) is 13.7. The van der Waals surface area contributed by atoms with Gasteiger partial charge in [-0.2, -0.15) is 0 Å². The van der Waals surface area contributed by atoms with E-state index < -0.39 is 16.1 Å². The molecule has 0 nitrogen and oxygen atoms in total. The molecule has 46 heavy (non-hydrogen) atoms. The molecule has 0 aromatic heterocycles. The number of benzene rings is 3. The smallest absolute Gasteiger partial charge is 0.125 e. The lowest BCUT2D eigenvalue weighted by molar-refractivity contribution is 0.686. The number of hydrogen-bond donors (Lipinski definition) is 0. The van der Waals surface area contributed by atoms with Crippen LogP contribution in [0.5, 0.6) is 0 Å². The van der Waals surface area contributed by atoms with E-state index in [0.29, 0.717) is 33.2 Å². The molecular weight excluding hydrogens is 585 g/mol. The summed E-state index contributed by atoms with van der Waals surface area (Å²) < 4.78 is 0. The second-order valence-electron chi connectivity index (χ2n) is 16.8. The van der Waals surface area contributed by atoms with Crippen LogP contribution in [0.4, 0.5) is 0 Å². The molecule has 0 bridgehead atoms. The average Bonchev–Trinajstić information content (AvgIpc) is 2.99. The zero-order chi connectivity index (χ0) is 33.6. The highest BCUT2D eigenvalue weighted by molar-refractivity contribution is 6.91. The quantitative estimate of drug-likeness (QED) is 0.142. The van der Waals surface area contributed by atoms with Gasteiger partial charge in [0.25, 0.3) is 0 Å². The highest BCUT2D eigenvalue weighted by Crippen LogP contribution is 2.44. The maximum atomic E-state index is 4.17. The van der Waals surface area contributed by atoms with Crippen LogP contribution in [0.25, 0.3) is 21.5 Å². The molecule has 0 heterocycles. The molecule has 5 rings (SSSR count). The number of aryl methyl sites for hydroxylation is 4. The first-order valence-electron chi connectivity index (χ1n) is 18.9. The van der Waals surface area contributed by atoms with E-state index in [1.54, 1.807) is 22.3 Å². The first-order chi connectivity index (χ1) is 21.7. The molecule has 2 heteroatoms. The van der Waals surface area contributed by atoms with E-state index in [4.69, 9.17) is 0 Å². The number of rotatable bonds is 6. The van der Waals surface area contributed by atoms with E-state index in [2.05, 4.69) is 130 Å². The monoisotopic (exact) mass is 646 g/mol. The lowest BCUT2D eigenvalue weighted by Gasteiger charge is -2.38. The fraction of sp³-hybridized carbons (Fsp3) is 0.591. The lowest BCUT2D eigenvalue weighted by Crippen LogP contribution is -2.43.